The highest BCUT2D eigenvalue weighted by Gasteiger charge is 2.35. The molecule has 31 heavy (non-hydrogen) atoms. The number of benzene rings is 1. The second-order valence-corrected chi connectivity index (χ2v) is 8.34. The van der Waals surface area contributed by atoms with Crippen molar-refractivity contribution < 1.29 is 27.5 Å². The van der Waals surface area contributed by atoms with Crippen LogP contribution in [-0.4, -0.2) is 43.8 Å². The predicted octanol–water partition coefficient (Wildman–Crippen LogP) is 3.43. The first kappa shape index (κ1) is 24.3. The summed E-state index contributed by atoms with van der Waals surface area (Å²) in [6.07, 6.45) is -3.94. The van der Waals surface area contributed by atoms with Crippen LogP contribution >= 0.6 is 0 Å². The molecule has 2 amide bonds. The van der Waals surface area contributed by atoms with Gasteiger partial charge >= 0.3 is 12.3 Å². The van der Waals surface area contributed by atoms with Crippen LogP contribution in [0.5, 0.6) is 0 Å². The molecule has 1 unspecified atom stereocenters. The number of anilines is 1. The first-order valence-corrected chi connectivity index (χ1v) is 10.0. The Hall–Kier alpha value is -2.96. The molecule has 1 aliphatic heterocycles. The molecular weight excluding hydrogens is 413 g/mol. The minimum absolute atomic E-state index is 0.196. The molecule has 170 valence electrons. The van der Waals surface area contributed by atoms with Crippen LogP contribution < -0.4 is 15.5 Å². The molecule has 1 aromatic rings. The fourth-order valence-electron chi connectivity index (χ4n) is 3.30. The molecule has 1 fully saturated rings. The van der Waals surface area contributed by atoms with Crippen molar-refractivity contribution in [3.8, 4) is 6.07 Å². The van der Waals surface area contributed by atoms with Gasteiger partial charge < -0.3 is 20.3 Å². The van der Waals surface area contributed by atoms with Gasteiger partial charge in [0.05, 0.1) is 23.1 Å². The number of alkyl halides is 3. The van der Waals surface area contributed by atoms with Crippen molar-refractivity contribution >= 4 is 17.7 Å². The first-order chi connectivity index (χ1) is 14.4. The normalized spacial score (nSPS) is 16.9. The van der Waals surface area contributed by atoms with Crippen LogP contribution in [0.1, 0.15) is 44.7 Å². The third-order valence-corrected chi connectivity index (χ3v) is 4.68. The lowest BCUT2D eigenvalue weighted by molar-refractivity contribution is -0.137. The zero-order valence-electron chi connectivity index (χ0n) is 17.8. The summed E-state index contributed by atoms with van der Waals surface area (Å²) in [7, 11) is 0. The van der Waals surface area contributed by atoms with Crippen molar-refractivity contribution in [2.75, 3.05) is 31.1 Å². The number of ether oxygens (including phenoxy) is 1. The van der Waals surface area contributed by atoms with Crippen molar-refractivity contribution in [2.24, 2.45) is 5.92 Å². The topological polar surface area (TPSA) is 94.5 Å². The van der Waals surface area contributed by atoms with E-state index in [1.807, 2.05) is 0 Å². The van der Waals surface area contributed by atoms with Gasteiger partial charge in [-0.3, -0.25) is 4.79 Å². The fourth-order valence-corrected chi connectivity index (χ4v) is 3.30. The van der Waals surface area contributed by atoms with Gasteiger partial charge in [0.15, 0.2) is 0 Å². The molecule has 0 bridgehead atoms. The molecule has 1 saturated heterocycles. The molecule has 0 aliphatic carbocycles. The van der Waals surface area contributed by atoms with Gasteiger partial charge in [0.2, 0.25) is 5.91 Å². The molecule has 1 aliphatic rings. The first-order valence-electron chi connectivity index (χ1n) is 10.0. The number of carbonyl (C=O) groups is 2. The Labute approximate surface area is 179 Å². The highest BCUT2D eigenvalue weighted by molar-refractivity contribution is 5.79. The summed E-state index contributed by atoms with van der Waals surface area (Å²) in [5, 5.41) is 14.2. The Bertz CT molecular complexity index is 844. The van der Waals surface area contributed by atoms with Crippen LogP contribution in [-0.2, 0) is 15.7 Å². The van der Waals surface area contributed by atoms with Gasteiger partial charge in [0.25, 0.3) is 0 Å². The number of nitriles is 1. The summed E-state index contributed by atoms with van der Waals surface area (Å²) in [6.45, 7) is 6.44. The van der Waals surface area contributed by atoms with E-state index in [4.69, 9.17) is 10.00 Å². The lowest BCUT2D eigenvalue weighted by Crippen LogP contribution is -2.45. The monoisotopic (exact) mass is 440 g/mol. The van der Waals surface area contributed by atoms with Gasteiger partial charge in [0, 0.05) is 31.9 Å². The molecule has 10 heteroatoms. The average molecular weight is 440 g/mol. The largest absolute Gasteiger partial charge is 0.444 e. The van der Waals surface area contributed by atoms with Gasteiger partial charge in [0.1, 0.15) is 5.60 Å². The minimum Gasteiger partial charge on any atom is -0.444 e. The Morgan fingerprint density at radius 3 is 2.52 bits per heavy atom. The lowest BCUT2D eigenvalue weighted by atomic mass is 9.96. The van der Waals surface area contributed by atoms with Crippen molar-refractivity contribution in [1.82, 2.24) is 10.6 Å². The van der Waals surface area contributed by atoms with Crippen molar-refractivity contribution in [3.05, 3.63) is 29.3 Å². The molecular formula is C21H27F3N4O3. The van der Waals surface area contributed by atoms with Crippen LogP contribution in [0.15, 0.2) is 18.2 Å². The summed E-state index contributed by atoms with van der Waals surface area (Å²) in [5.74, 6) is -0.611. The summed E-state index contributed by atoms with van der Waals surface area (Å²) in [5.41, 5.74) is -1.70. The summed E-state index contributed by atoms with van der Waals surface area (Å²) >= 11 is 0. The van der Waals surface area contributed by atoms with Crippen LogP contribution in [0.2, 0.25) is 0 Å². The molecule has 2 rings (SSSR count). The second kappa shape index (κ2) is 9.90. The Morgan fingerprint density at radius 1 is 1.23 bits per heavy atom. The molecule has 0 aromatic heterocycles. The van der Waals surface area contributed by atoms with Gasteiger partial charge in [-0.1, -0.05) is 0 Å². The maximum absolute atomic E-state index is 13.2. The number of nitrogens with zero attached hydrogens (tertiary/aromatic N) is 2. The van der Waals surface area contributed by atoms with Gasteiger partial charge in [-0.15, -0.1) is 0 Å². The number of carbonyl (C=O) groups excluding carboxylic acids is 2. The molecule has 0 saturated carbocycles. The Morgan fingerprint density at radius 2 is 1.90 bits per heavy atom. The molecule has 2 N–H and O–H groups in total. The van der Waals surface area contributed by atoms with E-state index in [-0.39, 0.29) is 31.5 Å². The molecule has 7 nitrogen and oxygen atoms in total. The predicted molar refractivity (Wildman–Crippen MR) is 108 cm³/mol. The number of alkyl carbamates (subject to hydrolysis) is 1. The average Bonchev–Trinajstić information content (AvgIpc) is 2.68. The van der Waals surface area contributed by atoms with E-state index < -0.39 is 29.0 Å². The van der Waals surface area contributed by atoms with Crippen molar-refractivity contribution in [1.29, 1.82) is 5.26 Å². The molecule has 1 atom stereocenters. The third kappa shape index (κ3) is 7.35. The van der Waals surface area contributed by atoms with Crippen LogP contribution in [0.4, 0.5) is 23.7 Å². The van der Waals surface area contributed by atoms with Crippen LogP contribution in [0.25, 0.3) is 0 Å². The maximum Gasteiger partial charge on any atom is 0.417 e. The van der Waals surface area contributed by atoms with E-state index in [9.17, 15) is 22.8 Å². The van der Waals surface area contributed by atoms with Crippen LogP contribution in [0.3, 0.4) is 0 Å². The van der Waals surface area contributed by atoms with E-state index in [2.05, 4.69) is 10.6 Å². The smallest absolute Gasteiger partial charge is 0.417 e. The number of halogens is 3. The van der Waals surface area contributed by atoms with E-state index in [1.54, 1.807) is 31.7 Å². The number of piperidine rings is 1. The van der Waals surface area contributed by atoms with Crippen molar-refractivity contribution in [2.45, 2.75) is 45.4 Å². The van der Waals surface area contributed by atoms with Gasteiger partial charge in [-0.25, -0.2) is 4.79 Å². The maximum atomic E-state index is 13.2. The third-order valence-electron chi connectivity index (χ3n) is 4.68. The Balaban J connectivity index is 1.92. The fraction of sp³-hybridized carbons (Fsp3) is 0.571. The number of rotatable bonds is 5. The lowest BCUT2D eigenvalue weighted by Gasteiger charge is -2.34. The highest BCUT2D eigenvalue weighted by atomic mass is 19.4. The molecule has 0 radical (unpaired) electrons. The summed E-state index contributed by atoms with van der Waals surface area (Å²) in [4.78, 5) is 25.8. The zero-order chi connectivity index (χ0) is 23.2. The standard InChI is InChI=1S/C21H27F3N4O3/c1-20(2,3)31-19(30)27-9-8-26-18(29)15-5-4-10-28(13-15)16-7-6-14(12-25)17(11-16)21(22,23)24/h6-7,11,15H,4-5,8-10,13H2,1-3H3,(H,26,29)(H,27,30). The highest BCUT2D eigenvalue weighted by Crippen LogP contribution is 2.35. The number of nitrogens with one attached hydrogen (secondary N) is 2. The van der Waals surface area contributed by atoms with E-state index in [0.29, 0.717) is 25.1 Å². The van der Waals surface area contributed by atoms with Crippen molar-refractivity contribution in [3.63, 3.8) is 0 Å². The zero-order valence-corrected chi connectivity index (χ0v) is 17.8. The molecule has 1 heterocycles. The number of hydrogen-bond donors (Lipinski definition) is 2. The summed E-state index contributed by atoms with van der Waals surface area (Å²) < 4.78 is 44.8. The molecule has 0 spiro atoms. The number of amides is 2. The van der Waals surface area contributed by atoms with E-state index in [0.717, 1.165) is 12.1 Å². The quantitative estimate of drug-likeness (QED) is 0.684. The summed E-state index contributed by atoms with van der Waals surface area (Å²) in [6, 6.07) is 5.16. The minimum atomic E-state index is -4.63. The number of hydrogen-bond acceptors (Lipinski definition) is 5. The van der Waals surface area contributed by atoms with E-state index >= 15 is 0 Å². The molecule has 1 aromatic carbocycles. The van der Waals surface area contributed by atoms with Gasteiger partial charge in [-0.05, 0) is 51.8 Å². The SMILES string of the molecule is CC(C)(C)OC(=O)NCCNC(=O)C1CCCN(c2ccc(C#N)c(C(F)(F)F)c2)C1. The second-order valence-electron chi connectivity index (χ2n) is 8.34. The van der Waals surface area contributed by atoms with E-state index in [1.165, 1.54) is 6.07 Å². The van der Waals surface area contributed by atoms with Gasteiger partial charge in [-0.2, -0.15) is 18.4 Å². The van der Waals surface area contributed by atoms with Crippen LogP contribution in [0, 0.1) is 17.2 Å². The Kier molecular flexibility index (Phi) is 7.76.